The van der Waals surface area contributed by atoms with Gasteiger partial charge >= 0.3 is 0 Å². The third-order valence-corrected chi connectivity index (χ3v) is 5.43. The van der Waals surface area contributed by atoms with Gasteiger partial charge in [-0.1, -0.05) is 53.7 Å². The molecule has 2 aliphatic rings. The molecule has 1 fully saturated rings. The van der Waals surface area contributed by atoms with Gasteiger partial charge in [-0.15, -0.1) is 0 Å². The Morgan fingerprint density at radius 2 is 1.86 bits per heavy atom. The Kier molecular flexibility index (Phi) is 10.5. The number of fused-ring (bicyclic) bond motifs is 3. The SMILES string of the molecule is C/C=C\C(=C/C)n1nc(C(C)=O)c2c1-c1cc(C3CCCO3)c(OC)cc1OC2.CC.CC(C)(C)C. The van der Waals surface area contributed by atoms with E-state index in [1.165, 1.54) is 0 Å². The molecule has 36 heavy (non-hydrogen) atoms. The van der Waals surface area contributed by atoms with Crippen molar-refractivity contribution in [1.29, 1.82) is 0 Å². The number of hydrogen-bond donors (Lipinski definition) is 0. The molecule has 0 saturated carbocycles. The van der Waals surface area contributed by atoms with E-state index in [2.05, 4.69) is 38.9 Å². The topological polar surface area (TPSA) is 62.6 Å². The summed E-state index contributed by atoms with van der Waals surface area (Å²) in [7, 11) is 1.66. The molecule has 0 N–H and O–H groups in total. The number of allylic oxidation sites excluding steroid dienone is 4. The summed E-state index contributed by atoms with van der Waals surface area (Å²) in [5.41, 5.74) is 5.47. The van der Waals surface area contributed by atoms with E-state index in [0.29, 0.717) is 17.7 Å². The van der Waals surface area contributed by atoms with E-state index < -0.39 is 0 Å². The van der Waals surface area contributed by atoms with Gasteiger partial charge in [-0.2, -0.15) is 5.10 Å². The number of Topliss-reactive ketones (excluding diaryl/α,β-unsaturated/α-hetero) is 1. The van der Waals surface area contributed by atoms with Crippen molar-refractivity contribution in [2.24, 2.45) is 5.41 Å². The van der Waals surface area contributed by atoms with Crippen LogP contribution in [0.25, 0.3) is 17.0 Å². The van der Waals surface area contributed by atoms with Crippen LogP contribution < -0.4 is 9.47 Å². The van der Waals surface area contributed by atoms with Crippen LogP contribution in [0.2, 0.25) is 0 Å². The maximum Gasteiger partial charge on any atom is 0.180 e. The molecule has 0 radical (unpaired) electrons. The van der Waals surface area contributed by atoms with Gasteiger partial charge in [0.25, 0.3) is 0 Å². The number of rotatable bonds is 5. The van der Waals surface area contributed by atoms with Crippen LogP contribution in [0, 0.1) is 5.41 Å². The van der Waals surface area contributed by atoms with E-state index in [1.54, 1.807) is 14.0 Å². The van der Waals surface area contributed by atoms with Gasteiger partial charge in [-0.25, -0.2) is 4.68 Å². The van der Waals surface area contributed by atoms with E-state index in [1.807, 2.05) is 56.7 Å². The summed E-state index contributed by atoms with van der Waals surface area (Å²) in [5.74, 6) is 1.41. The molecule has 4 rings (SSSR count). The average molecular weight is 497 g/mol. The van der Waals surface area contributed by atoms with Gasteiger partial charge < -0.3 is 14.2 Å². The monoisotopic (exact) mass is 496 g/mol. The van der Waals surface area contributed by atoms with Gasteiger partial charge in [0, 0.05) is 36.3 Å². The molecule has 0 aliphatic carbocycles. The number of ketones is 1. The fraction of sp³-hybridized carbons (Fsp3) is 0.533. The van der Waals surface area contributed by atoms with Gasteiger partial charge in [-0.05, 0) is 44.2 Å². The first-order chi connectivity index (χ1) is 17.1. The van der Waals surface area contributed by atoms with Gasteiger partial charge in [0.15, 0.2) is 5.78 Å². The van der Waals surface area contributed by atoms with E-state index in [0.717, 1.165) is 59.0 Å². The molecule has 6 nitrogen and oxygen atoms in total. The highest BCUT2D eigenvalue weighted by molar-refractivity contribution is 5.96. The van der Waals surface area contributed by atoms with Crippen molar-refractivity contribution in [3.05, 3.63) is 47.2 Å². The molecule has 1 saturated heterocycles. The summed E-state index contributed by atoms with van der Waals surface area (Å²) in [4.78, 5) is 12.3. The van der Waals surface area contributed by atoms with E-state index >= 15 is 0 Å². The van der Waals surface area contributed by atoms with E-state index in [4.69, 9.17) is 14.2 Å². The lowest BCUT2D eigenvalue weighted by Gasteiger charge is -2.23. The molecule has 2 aliphatic heterocycles. The highest BCUT2D eigenvalue weighted by atomic mass is 16.5. The Bertz CT molecular complexity index is 1090. The molecular weight excluding hydrogens is 452 g/mol. The predicted molar refractivity (Wildman–Crippen MR) is 148 cm³/mol. The largest absolute Gasteiger partial charge is 0.496 e. The number of carbonyl (C=O) groups excluding carboxylic acids is 1. The summed E-state index contributed by atoms with van der Waals surface area (Å²) in [5, 5.41) is 4.65. The van der Waals surface area contributed by atoms with Crippen LogP contribution in [0.1, 0.15) is 103 Å². The number of nitrogens with zero attached hydrogens (tertiary/aromatic N) is 2. The number of aromatic nitrogens is 2. The molecular formula is C30H44N2O4. The number of ether oxygens (including phenoxy) is 3. The summed E-state index contributed by atoms with van der Waals surface area (Å²) in [6.45, 7) is 19.3. The van der Waals surface area contributed by atoms with Crippen LogP contribution in [0.5, 0.6) is 11.5 Å². The molecule has 0 bridgehead atoms. The van der Waals surface area contributed by atoms with Gasteiger partial charge in [0.2, 0.25) is 0 Å². The average Bonchev–Trinajstić information content (AvgIpc) is 3.50. The number of carbonyl (C=O) groups is 1. The smallest absolute Gasteiger partial charge is 0.180 e. The molecule has 1 aromatic heterocycles. The zero-order valence-corrected chi connectivity index (χ0v) is 23.8. The molecule has 1 aromatic carbocycles. The summed E-state index contributed by atoms with van der Waals surface area (Å²) in [6.07, 6.45) is 7.92. The molecule has 1 atom stereocenters. The highest BCUT2D eigenvalue weighted by Crippen LogP contribution is 2.46. The number of methoxy groups -OCH3 is 1. The third kappa shape index (κ3) is 6.88. The Morgan fingerprint density at radius 1 is 1.19 bits per heavy atom. The number of hydrogen-bond acceptors (Lipinski definition) is 5. The Morgan fingerprint density at radius 3 is 2.36 bits per heavy atom. The van der Waals surface area contributed by atoms with Crippen molar-refractivity contribution in [3.63, 3.8) is 0 Å². The first-order valence-corrected chi connectivity index (χ1v) is 13.0. The van der Waals surface area contributed by atoms with Crippen molar-refractivity contribution in [2.75, 3.05) is 13.7 Å². The van der Waals surface area contributed by atoms with Crippen LogP contribution in [0.15, 0.2) is 30.4 Å². The minimum Gasteiger partial charge on any atom is -0.496 e. The molecule has 0 spiro atoms. The lowest BCUT2D eigenvalue weighted by molar-refractivity contribution is 0.101. The molecule has 3 heterocycles. The predicted octanol–water partition coefficient (Wildman–Crippen LogP) is 8.02. The van der Waals surface area contributed by atoms with E-state index in [-0.39, 0.29) is 11.9 Å². The second kappa shape index (κ2) is 12.9. The Balaban J connectivity index is 0.000000583. The first kappa shape index (κ1) is 29.4. The van der Waals surface area contributed by atoms with Crippen LogP contribution in [0.3, 0.4) is 0 Å². The van der Waals surface area contributed by atoms with E-state index in [9.17, 15) is 4.79 Å². The van der Waals surface area contributed by atoms with Crippen molar-refractivity contribution < 1.29 is 19.0 Å². The maximum absolute atomic E-state index is 12.3. The fourth-order valence-corrected chi connectivity index (χ4v) is 4.08. The lowest BCUT2D eigenvalue weighted by Crippen LogP contribution is -2.11. The second-order valence-electron chi connectivity index (χ2n) is 10.2. The fourth-order valence-electron chi connectivity index (χ4n) is 4.08. The minimum atomic E-state index is -0.0733. The summed E-state index contributed by atoms with van der Waals surface area (Å²) < 4.78 is 19.4. The zero-order valence-electron chi connectivity index (χ0n) is 23.8. The molecule has 1 unspecified atom stereocenters. The van der Waals surface area contributed by atoms with Crippen molar-refractivity contribution in [1.82, 2.24) is 9.78 Å². The van der Waals surface area contributed by atoms with Crippen molar-refractivity contribution in [2.45, 2.75) is 87.9 Å². The Hall–Kier alpha value is -2.86. The minimum absolute atomic E-state index is 0.000927. The molecule has 6 heteroatoms. The van der Waals surface area contributed by atoms with Gasteiger partial charge in [0.05, 0.1) is 24.6 Å². The van der Waals surface area contributed by atoms with Crippen molar-refractivity contribution in [3.8, 4) is 22.8 Å². The van der Waals surface area contributed by atoms with Crippen LogP contribution in [-0.4, -0.2) is 29.3 Å². The van der Waals surface area contributed by atoms with Gasteiger partial charge in [-0.3, -0.25) is 4.79 Å². The van der Waals surface area contributed by atoms with Crippen LogP contribution >= 0.6 is 0 Å². The zero-order chi connectivity index (χ0) is 27.0. The second-order valence-corrected chi connectivity index (χ2v) is 10.2. The molecule has 0 amide bonds. The van der Waals surface area contributed by atoms with Crippen LogP contribution in [-0.2, 0) is 11.3 Å². The van der Waals surface area contributed by atoms with Crippen molar-refractivity contribution >= 4 is 11.5 Å². The third-order valence-electron chi connectivity index (χ3n) is 5.43. The summed E-state index contributed by atoms with van der Waals surface area (Å²) >= 11 is 0. The first-order valence-electron chi connectivity index (χ1n) is 13.0. The summed E-state index contributed by atoms with van der Waals surface area (Å²) in [6, 6.07) is 4.00. The maximum atomic E-state index is 12.3. The Labute approximate surface area is 217 Å². The highest BCUT2D eigenvalue weighted by Gasteiger charge is 2.32. The van der Waals surface area contributed by atoms with Gasteiger partial charge in [0.1, 0.15) is 23.8 Å². The van der Waals surface area contributed by atoms with Crippen LogP contribution in [0.4, 0.5) is 0 Å². The molecule has 2 aromatic rings. The normalized spacial score (nSPS) is 16.7. The molecule has 198 valence electrons. The quantitative estimate of drug-likeness (QED) is 0.310. The number of benzene rings is 1. The lowest BCUT2D eigenvalue weighted by atomic mass is 9.96. The standard InChI is InChI=1S/C23H26N2O4.C5H12.C2H6/c1-5-8-15(6-2)25-23-17-11-16(19-9-7-10-28-19)20(27-4)12-21(17)29-13-18(23)22(24-25)14(3)26;1-5(2,3)4;1-2/h5-6,8,11-12,19H,7,9-10,13H2,1-4H3;1-4H3;1-2H3/b8-5-,15-6+;;.